The van der Waals surface area contributed by atoms with Crippen LogP contribution in [0.4, 0.5) is 0 Å². The molecule has 4 heteroatoms. The molecule has 2 N–H and O–H groups in total. The van der Waals surface area contributed by atoms with E-state index in [4.69, 9.17) is 0 Å². The molecular formula is C17H20N2O2. The fraction of sp³-hybridized carbons (Fsp3) is 0.412. The van der Waals surface area contributed by atoms with Gasteiger partial charge in [0.2, 0.25) is 0 Å². The van der Waals surface area contributed by atoms with Crippen molar-refractivity contribution in [2.45, 2.75) is 38.2 Å². The molecule has 3 rings (SSSR count). The van der Waals surface area contributed by atoms with Crippen LogP contribution in [-0.4, -0.2) is 28.6 Å². The fourth-order valence-corrected chi connectivity index (χ4v) is 2.46. The first-order chi connectivity index (χ1) is 10.1. The molecule has 1 aromatic carbocycles. The first-order valence-electron chi connectivity index (χ1n) is 7.51. The van der Waals surface area contributed by atoms with Crippen LogP contribution < -0.4 is 5.32 Å². The smallest absolute Gasteiger partial charge is 0.252 e. The molecule has 0 spiro atoms. The van der Waals surface area contributed by atoms with Gasteiger partial charge in [0.25, 0.3) is 5.91 Å². The van der Waals surface area contributed by atoms with E-state index in [0.717, 1.165) is 29.4 Å². The lowest BCUT2D eigenvalue weighted by Gasteiger charge is -2.10. The lowest BCUT2D eigenvalue weighted by atomic mass is 10.1. The van der Waals surface area contributed by atoms with Crippen LogP contribution in [0, 0.1) is 0 Å². The van der Waals surface area contributed by atoms with E-state index in [1.54, 1.807) is 6.92 Å². The fourth-order valence-electron chi connectivity index (χ4n) is 2.46. The van der Waals surface area contributed by atoms with Crippen LogP contribution in [0.3, 0.4) is 0 Å². The monoisotopic (exact) mass is 284 g/mol. The number of pyridine rings is 1. The quantitative estimate of drug-likeness (QED) is 0.887. The molecule has 1 amide bonds. The van der Waals surface area contributed by atoms with E-state index in [0.29, 0.717) is 24.4 Å². The molecule has 1 saturated carbocycles. The van der Waals surface area contributed by atoms with Crippen LogP contribution in [0.15, 0.2) is 30.3 Å². The Morgan fingerprint density at radius 3 is 2.90 bits per heavy atom. The van der Waals surface area contributed by atoms with Crippen molar-refractivity contribution in [3.63, 3.8) is 0 Å². The third kappa shape index (κ3) is 3.22. The molecule has 1 aliphatic carbocycles. The van der Waals surface area contributed by atoms with Crippen LogP contribution in [0.25, 0.3) is 10.9 Å². The highest BCUT2D eigenvalue weighted by atomic mass is 16.3. The number of carbonyl (C=O) groups is 1. The molecular weight excluding hydrogens is 264 g/mol. The van der Waals surface area contributed by atoms with Gasteiger partial charge in [0, 0.05) is 23.5 Å². The van der Waals surface area contributed by atoms with E-state index in [2.05, 4.69) is 10.3 Å². The van der Waals surface area contributed by atoms with E-state index in [9.17, 15) is 9.90 Å². The Morgan fingerprint density at radius 2 is 2.19 bits per heavy atom. The van der Waals surface area contributed by atoms with Crippen molar-refractivity contribution >= 4 is 16.8 Å². The Labute approximate surface area is 124 Å². The number of para-hydroxylation sites is 1. The van der Waals surface area contributed by atoms with E-state index >= 15 is 0 Å². The molecule has 110 valence electrons. The first kappa shape index (κ1) is 14.0. The van der Waals surface area contributed by atoms with Gasteiger partial charge in [-0.05, 0) is 38.3 Å². The average Bonchev–Trinajstić information content (AvgIpc) is 3.30. The van der Waals surface area contributed by atoms with Crippen molar-refractivity contribution in [3.8, 4) is 0 Å². The molecule has 0 aliphatic heterocycles. The van der Waals surface area contributed by atoms with E-state index in [1.807, 2.05) is 30.3 Å². The van der Waals surface area contributed by atoms with Crippen LogP contribution >= 0.6 is 0 Å². The van der Waals surface area contributed by atoms with Gasteiger partial charge in [-0.3, -0.25) is 9.78 Å². The van der Waals surface area contributed by atoms with Crippen molar-refractivity contribution < 1.29 is 9.90 Å². The number of hydrogen-bond donors (Lipinski definition) is 2. The third-order valence-electron chi connectivity index (χ3n) is 3.82. The zero-order chi connectivity index (χ0) is 14.8. The average molecular weight is 284 g/mol. The van der Waals surface area contributed by atoms with E-state index in [1.165, 1.54) is 0 Å². The second-order valence-corrected chi connectivity index (χ2v) is 5.78. The molecule has 21 heavy (non-hydrogen) atoms. The number of hydrogen-bond acceptors (Lipinski definition) is 3. The highest BCUT2D eigenvalue weighted by molar-refractivity contribution is 6.06. The van der Waals surface area contributed by atoms with Crippen LogP contribution in [0.5, 0.6) is 0 Å². The number of amides is 1. The minimum atomic E-state index is -0.401. The number of carbonyl (C=O) groups excluding carboxylic acids is 1. The maximum atomic E-state index is 12.4. The molecule has 0 radical (unpaired) electrons. The summed E-state index contributed by atoms with van der Waals surface area (Å²) in [5.74, 6) is 0.426. The summed E-state index contributed by atoms with van der Waals surface area (Å²) < 4.78 is 0. The largest absolute Gasteiger partial charge is 0.393 e. The minimum Gasteiger partial charge on any atom is -0.393 e. The zero-order valence-electron chi connectivity index (χ0n) is 12.2. The number of benzene rings is 1. The molecule has 1 atom stereocenters. The molecule has 0 saturated heterocycles. The lowest BCUT2D eigenvalue weighted by molar-refractivity contribution is 0.0947. The van der Waals surface area contributed by atoms with Gasteiger partial charge in [0.1, 0.15) is 0 Å². The van der Waals surface area contributed by atoms with Gasteiger partial charge in [-0.25, -0.2) is 0 Å². The van der Waals surface area contributed by atoms with Gasteiger partial charge in [-0.2, -0.15) is 0 Å². The van der Waals surface area contributed by atoms with Crippen molar-refractivity contribution in [2.24, 2.45) is 0 Å². The van der Waals surface area contributed by atoms with Crippen molar-refractivity contribution in [2.75, 3.05) is 6.54 Å². The predicted molar refractivity (Wildman–Crippen MR) is 82.3 cm³/mol. The Kier molecular flexibility index (Phi) is 3.88. The van der Waals surface area contributed by atoms with Crippen LogP contribution in [-0.2, 0) is 0 Å². The standard InChI is InChI=1S/C17H20N2O2/c1-11(20)8-9-18-17(21)14-10-16(12-6-7-12)19-15-5-3-2-4-13(14)15/h2-5,10-12,20H,6-9H2,1H3,(H,18,21). The van der Waals surface area contributed by atoms with Gasteiger partial charge in [-0.1, -0.05) is 18.2 Å². The summed E-state index contributed by atoms with van der Waals surface area (Å²) in [5.41, 5.74) is 2.59. The van der Waals surface area contributed by atoms with Crippen LogP contribution in [0.1, 0.15) is 48.2 Å². The van der Waals surface area contributed by atoms with Crippen LogP contribution in [0.2, 0.25) is 0 Å². The van der Waals surface area contributed by atoms with Gasteiger partial charge in [-0.15, -0.1) is 0 Å². The molecule has 2 aromatic rings. The van der Waals surface area contributed by atoms with E-state index < -0.39 is 6.10 Å². The molecule has 1 unspecified atom stereocenters. The third-order valence-corrected chi connectivity index (χ3v) is 3.82. The van der Waals surface area contributed by atoms with E-state index in [-0.39, 0.29) is 5.91 Å². The number of fused-ring (bicyclic) bond motifs is 1. The molecule has 1 fully saturated rings. The van der Waals surface area contributed by atoms with Gasteiger partial charge in [0.05, 0.1) is 17.2 Å². The number of aromatic nitrogens is 1. The normalized spacial score (nSPS) is 15.9. The molecule has 1 aliphatic rings. The number of nitrogens with one attached hydrogen (secondary N) is 1. The summed E-state index contributed by atoms with van der Waals surface area (Å²) in [4.78, 5) is 17.1. The summed E-state index contributed by atoms with van der Waals surface area (Å²) in [6, 6.07) is 9.68. The highest BCUT2D eigenvalue weighted by Gasteiger charge is 2.26. The summed E-state index contributed by atoms with van der Waals surface area (Å²) in [5, 5.41) is 13.0. The SMILES string of the molecule is CC(O)CCNC(=O)c1cc(C2CC2)nc2ccccc12. The molecule has 1 aromatic heterocycles. The second kappa shape index (κ2) is 5.82. The number of nitrogens with zero attached hydrogens (tertiary/aromatic N) is 1. The highest BCUT2D eigenvalue weighted by Crippen LogP contribution is 2.40. The summed E-state index contributed by atoms with van der Waals surface area (Å²) in [6.07, 6.45) is 2.48. The molecule has 0 bridgehead atoms. The maximum Gasteiger partial charge on any atom is 0.252 e. The summed E-state index contributed by atoms with van der Waals surface area (Å²) in [6.45, 7) is 2.20. The number of aliphatic hydroxyl groups is 1. The Bertz CT molecular complexity index is 663. The summed E-state index contributed by atoms with van der Waals surface area (Å²) >= 11 is 0. The van der Waals surface area contributed by atoms with Crippen molar-refractivity contribution in [1.29, 1.82) is 0 Å². The minimum absolute atomic E-state index is 0.0869. The second-order valence-electron chi connectivity index (χ2n) is 5.78. The Balaban J connectivity index is 1.90. The first-order valence-corrected chi connectivity index (χ1v) is 7.51. The number of rotatable bonds is 5. The zero-order valence-corrected chi connectivity index (χ0v) is 12.2. The maximum absolute atomic E-state index is 12.4. The molecule has 4 nitrogen and oxygen atoms in total. The Morgan fingerprint density at radius 1 is 1.43 bits per heavy atom. The Hall–Kier alpha value is -1.94. The van der Waals surface area contributed by atoms with Crippen molar-refractivity contribution in [1.82, 2.24) is 10.3 Å². The summed E-state index contributed by atoms with van der Waals surface area (Å²) in [7, 11) is 0. The number of aliphatic hydroxyl groups excluding tert-OH is 1. The van der Waals surface area contributed by atoms with Crippen molar-refractivity contribution in [3.05, 3.63) is 41.6 Å². The predicted octanol–water partition coefficient (Wildman–Crippen LogP) is 2.61. The van der Waals surface area contributed by atoms with Gasteiger partial charge in [0.15, 0.2) is 0 Å². The topological polar surface area (TPSA) is 62.2 Å². The van der Waals surface area contributed by atoms with Gasteiger partial charge < -0.3 is 10.4 Å². The lowest BCUT2D eigenvalue weighted by Crippen LogP contribution is -2.27. The van der Waals surface area contributed by atoms with Gasteiger partial charge >= 0.3 is 0 Å². The molecule has 1 heterocycles.